The van der Waals surface area contributed by atoms with E-state index in [1.54, 1.807) is 0 Å². The molecule has 8 nitrogen and oxygen atoms in total. The van der Waals surface area contributed by atoms with Crippen molar-refractivity contribution in [2.75, 3.05) is 0 Å². The van der Waals surface area contributed by atoms with Crippen molar-refractivity contribution in [1.82, 2.24) is 0 Å². The number of allylic oxidation sites excluding steroid dienone is 2. The molecule has 0 heterocycles. The summed E-state index contributed by atoms with van der Waals surface area (Å²) in [5.41, 5.74) is -7.33. The zero-order chi connectivity index (χ0) is 15.8. The monoisotopic (exact) mass is 258 g/mol. The molecule has 0 aromatic rings. The van der Waals surface area contributed by atoms with Gasteiger partial charge in [0.2, 0.25) is 10.8 Å². The number of nitrogens with zero attached hydrogens (tertiary/aromatic N) is 6. The van der Waals surface area contributed by atoms with Crippen molar-refractivity contribution in [3.63, 3.8) is 0 Å². The zero-order valence-corrected chi connectivity index (χ0v) is 9.68. The number of nitrogens with one attached hydrogen (secondary N) is 2. The largest absolute Gasteiger partial charge is 0.258 e. The quantitative estimate of drug-likeness (QED) is 0.544. The minimum Gasteiger partial charge on any atom is -0.258 e. The standard InChI is InChI=1S/C12H2N8/c13-1-9(2-14)11(5-17,6-18)12(7-19,8-20)10(3-15)4-16/h13,15H. The fourth-order valence-electron chi connectivity index (χ4n) is 1.40. The van der Waals surface area contributed by atoms with Gasteiger partial charge in [-0.3, -0.25) is 10.8 Å². The van der Waals surface area contributed by atoms with E-state index in [4.69, 9.17) is 42.4 Å². The Bertz CT molecular complexity index is 694. The van der Waals surface area contributed by atoms with Crippen molar-refractivity contribution in [2.45, 2.75) is 0 Å². The Labute approximate surface area is 113 Å². The first-order chi connectivity index (χ1) is 9.53. The molecule has 0 fully saturated rings. The normalized spacial score (nSPS) is 8.70. The third-order valence-corrected chi connectivity index (χ3v) is 2.46. The highest BCUT2D eigenvalue weighted by Crippen LogP contribution is 2.47. The summed E-state index contributed by atoms with van der Waals surface area (Å²) in [6.45, 7) is 0. The van der Waals surface area contributed by atoms with Gasteiger partial charge in [0, 0.05) is 0 Å². The third-order valence-electron chi connectivity index (χ3n) is 2.46. The third kappa shape index (κ3) is 1.68. The van der Waals surface area contributed by atoms with E-state index >= 15 is 0 Å². The van der Waals surface area contributed by atoms with Gasteiger partial charge >= 0.3 is 0 Å². The summed E-state index contributed by atoms with van der Waals surface area (Å²) in [6, 6.07) is 7.92. The van der Waals surface area contributed by atoms with Gasteiger partial charge in [0.15, 0.2) is 0 Å². The van der Waals surface area contributed by atoms with E-state index in [0.717, 1.165) is 0 Å². The summed E-state index contributed by atoms with van der Waals surface area (Å²) in [5.74, 6) is 3.04. The molecular weight excluding hydrogens is 256 g/mol. The Morgan fingerprint density at radius 3 is 0.950 bits per heavy atom. The van der Waals surface area contributed by atoms with Crippen LogP contribution in [-0.4, -0.2) is 11.7 Å². The van der Waals surface area contributed by atoms with Crippen molar-refractivity contribution in [2.24, 2.45) is 10.8 Å². The van der Waals surface area contributed by atoms with Crippen LogP contribution in [0.15, 0.2) is 11.1 Å². The molecular formula is C12H2N8. The van der Waals surface area contributed by atoms with Crippen LogP contribution in [0.4, 0.5) is 0 Å². The second kappa shape index (κ2) is 5.96. The highest BCUT2D eigenvalue weighted by atomic mass is 14.6. The number of hydrogen-bond acceptors (Lipinski definition) is 8. The Hall–Kier alpha value is -4.16. The van der Waals surface area contributed by atoms with Gasteiger partial charge in [-0.15, -0.1) is 0 Å². The minimum atomic E-state index is -2.76. The Morgan fingerprint density at radius 1 is 0.600 bits per heavy atom. The van der Waals surface area contributed by atoms with Crippen LogP contribution in [-0.2, 0) is 0 Å². The molecule has 0 radical (unpaired) electrons. The maximum absolute atomic E-state index is 9.17. The topological polar surface area (TPSA) is 190 Å². The molecule has 0 aromatic heterocycles. The van der Waals surface area contributed by atoms with Gasteiger partial charge in [-0.05, 0) is 11.7 Å². The van der Waals surface area contributed by atoms with E-state index in [0.29, 0.717) is 0 Å². The first-order valence-electron chi connectivity index (χ1n) is 4.59. The summed E-state index contributed by atoms with van der Waals surface area (Å²) < 4.78 is 0. The van der Waals surface area contributed by atoms with Gasteiger partial charge < -0.3 is 0 Å². The molecule has 0 unspecified atom stereocenters. The maximum atomic E-state index is 9.17. The highest BCUT2D eigenvalue weighted by Gasteiger charge is 2.61. The van der Waals surface area contributed by atoms with Crippen LogP contribution in [0.3, 0.4) is 0 Å². The zero-order valence-electron chi connectivity index (χ0n) is 9.68. The van der Waals surface area contributed by atoms with Crippen molar-refractivity contribution >= 4 is 11.7 Å². The lowest BCUT2D eigenvalue weighted by molar-refractivity contribution is 0.432. The van der Waals surface area contributed by atoms with E-state index in [2.05, 4.69) is 0 Å². The second-order valence-corrected chi connectivity index (χ2v) is 3.17. The van der Waals surface area contributed by atoms with Gasteiger partial charge in [0.25, 0.3) is 0 Å². The summed E-state index contributed by atoms with van der Waals surface area (Å²) in [7, 11) is 0. The molecule has 0 aliphatic rings. The lowest BCUT2D eigenvalue weighted by Gasteiger charge is -2.27. The molecule has 0 atom stereocenters. The Morgan fingerprint density at radius 2 is 0.850 bits per heavy atom. The molecule has 2 N–H and O–H groups in total. The van der Waals surface area contributed by atoms with Crippen LogP contribution in [0, 0.1) is 89.6 Å². The van der Waals surface area contributed by atoms with Crippen LogP contribution in [0.25, 0.3) is 0 Å². The lowest BCUT2D eigenvalue weighted by atomic mass is 9.59. The molecule has 0 spiro atoms. The van der Waals surface area contributed by atoms with E-state index in [1.165, 1.54) is 48.2 Å². The average molecular weight is 258 g/mol. The summed E-state index contributed by atoms with van der Waals surface area (Å²) in [6.07, 6.45) is 0. The Balaban J connectivity index is 7.16. The smallest absolute Gasteiger partial charge is 0.224 e. The van der Waals surface area contributed by atoms with Crippen molar-refractivity contribution in [3.05, 3.63) is 11.1 Å². The van der Waals surface area contributed by atoms with Crippen molar-refractivity contribution < 1.29 is 0 Å². The van der Waals surface area contributed by atoms with E-state index < -0.39 is 22.0 Å². The van der Waals surface area contributed by atoms with Crippen LogP contribution in [0.1, 0.15) is 0 Å². The van der Waals surface area contributed by atoms with E-state index in [-0.39, 0.29) is 0 Å². The van der Waals surface area contributed by atoms with Crippen LogP contribution < -0.4 is 0 Å². The van der Waals surface area contributed by atoms with Gasteiger partial charge in [-0.25, -0.2) is 0 Å². The van der Waals surface area contributed by atoms with E-state index in [9.17, 15) is 0 Å². The summed E-state index contributed by atoms with van der Waals surface area (Å²) >= 11 is 0. The SMILES string of the molecule is N#CC(=C=N)C(C#N)(C#N)C(C#N)(C#N)C(=C=N)C#N. The molecule has 0 rings (SSSR count). The molecule has 8 heteroatoms. The molecule has 0 amide bonds. The summed E-state index contributed by atoms with van der Waals surface area (Å²) in [5, 5.41) is 68.2. The van der Waals surface area contributed by atoms with Crippen molar-refractivity contribution in [3.8, 4) is 36.4 Å². The van der Waals surface area contributed by atoms with Crippen LogP contribution in [0.2, 0.25) is 0 Å². The first-order valence-corrected chi connectivity index (χ1v) is 4.59. The maximum Gasteiger partial charge on any atom is 0.224 e. The molecule has 0 aromatic carbocycles. The van der Waals surface area contributed by atoms with Gasteiger partial charge in [0.05, 0.1) is 24.3 Å². The predicted octanol–water partition coefficient (Wildman–Crippen LogP) is 0.450. The minimum absolute atomic E-state index is 0.909. The molecule has 0 bridgehead atoms. The fourth-order valence-corrected chi connectivity index (χ4v) is 1.40. The fraction of sp³-hybridized carbons (Fsp3) is 0.167. The number of nitriles is 6. The average Bonchev–Trinajstić information content (AvgIpc) is 2.50. The van der Waals surface area contributed by atoms with Crippen molar-refractivity contribution in [1.29, 1.82) is 42.4 Å². The van der Waals surface area contributed by atoms with Crippen LogP contribution >= 0.6 is 0 Å². The first kappa shape index (κ1) is 15.8. The van der Waals surface area contributed by atoms with Gasteiger partial charge in [-0.1, -0.05) is 0 Å². The van der Waals surface area contributed by atoms with Gasteiger partial charge in [-0.2, -0.15) is 31.6 Å². The predicted molar refractivity (Wildman–Crippen MR) is 61.0 cm³/mol. The number of hydrogen-bond donors (Lipinski definition) is 2. The second-order valence-electron chi connectivity index (χ2n) is 3.17. The molecule has 20 heavy (non-hydrogen) atoms. The van der Waals surface area contributed by atoms with Crippen LogP contribution in [0.5, 0.6) is 0 Å². The summed E-state index contributed by atoms with van der Waals surface area (Å²) in [4.78, 5) is 0. The Kier molecular flexibility index (Phi) is 4.72. The molecule has 0 aliphatic heterocycles. The lowest BCUT2D eigenvalue weighted by Crippen LogP contribution is -2.41. The molecule has 0 aliphatic carbocycles. The molecule has 0 saturated heterocycles. The number of rotatable bonds is 3. The highest BCUT2D eigenvalue weighted by molar-refractivity contribution is 5.75. The molecule has 0 saturated carbocycles. The molecule has 90 valence electrons. The van der Waals surface area contributed by atoms with E-state index in [1.807, 2.05) is 0 Å². The van der Waals surface area contributed by atoms with Gasteiger partial charge in [0.1, 0.15) is 23.3 Å².